The van der Waals surface area contributed by atoms with E-state index < -0.39 is 0 Å². The minimum Gasteiger partial charge on any atom is -0.0842 e. The van der Waals surface area contributed by atoms with Crippen LogP contribution in [-0.2, 0) is 0 Å². The zero-order valence-corrected chi connectivity index (χ0v) is 13.3. The molecule has 1 aromatic rings. The van der Waals surface area contributed by atoms with Crippen molar-refractivity contribution in [3.05, 3.63) is 24.3 Å². The van der Waals surface area contributed by atoms with Gasteiger partial charge in [0.05, 0.1) is 0 Å². The van der Waals surface area contributed by atoms with Crippen molar-refractivity contribution in [2.75, 3.05) is 0 Å². The number of benzene rings is 1. The molecule has 0 aliphatic rings. The van der Waals surface area contributed by atoms with Crippen molar-refractivity contribution in [1.29, 1.82) is 0 Å². The summed E-state index contributed by atoms with van der Waals surface area (Å²) in [6, 6.07) is 8.95. The second-order valence-corrected chi connectivity index (χ2v) is 10.9. The second-order valence-electron chi connectivity index (χ2n) is 6.30. The van der Waals surface area contributed by atoms with Crippen LogP contribution in [0.15, 0.2) is 24.3 Å². The van der Waals surface area contributed by atoms with Crippen molar-refractivity contribution >= 4 is 27.8 Å². The van der Waals surface area contributed by atoms with E-state index in [2.05, 4.69) is 65.8 Å². The van der Waals surface area contributed by atoms with Gasteiger partial charge in [-0.25, -0.2) is 0 Å². The van der Waals surface area contributed by atoms with Crippen LogP contribution in [0.4, 0.5) is 0 Å². The Labute approximate surface area is 104 Å². The van der Waals surface area contributed by atoms with Gasteiger partial charge in [0.2, 0.25) is 0 Å². The van der Waals surface area contributed by atoms with Crippen LogP contribution in [0.3, 0.4) is 0 Å². The van der Waals surface area contributed by atoms with Crippen LogP contribution < -0.4 is 10.6 Å². The molecule has 1 rings (SSSR count). The summed E-state index contributed by atoms with van der Waals surface area (Å²) in [6.07, 6.45) is 0. The summed E-state index contributed by atoms with van der Waals surface area (Å²) < 4.78 is 0. The minimum atomic E-state index is 0.401. The summed E-state index contributed by atoms with van der Waals surface area (Å²) in [5.41, 5.74) is 0. The first-order valence-corrected chi connectivity index (χ1v) is 7.83. The minimum absolute atomic E-state index is 0.401. The van der Waals surface area contributed by atoms with Gasteiger partial charge >= 0.3 is 0 Å². The molecule has 2 unspecified atom stereocenters. The van der Waals surface area contributed by atoms with Gasteiger partial charge in [0.25, 0.3) is 0 Å². The first kappa shape index (κ1) is 14.1. The van der Waals surface area contributed by atoms with Crippen molar-refractivity contribution in [2.24, 2.45) is 0 Å². The lowest BCUT2D eigenvalue weighted by Crippen LogP contribution is -2.24. The Morgan fingerprint density at radius 1 is 0.688 bits per heavy atom. The molecule has 0 radical (unpaired) electrons. The van der Waals surface area contributed by atoms with Gasteiger partial charge < -0.3 is 0 Å². The molecule has 0 nitrogen and oxygen atoms in total. The van der Waals surface area contributed by atoms with Crippen molar-refractivity contribution in [1.82, 2.24) is 0 Å². The fourth-order valence-electron chi connectivity index (χ4n) is 1.51. The third-order valence-electron chi connectivity index (χ3n) is 1.95. The van der Waals surface area contributed by atoms with Gasteiger partial charge in [-0.2, -0.15) is 0 Å². The molecule has 0 fully saturated rings. The molecule has 0 bridgehead atoms. The Balaban J connectivity index is 2.92. The largest absolute Gasteiger partial charge is 0.0842 e. The van der Waals surface area contributed by atoms with Crippen LogP contribution in [0.25, 0.3) is 0 Å². The quantitative estimate of drug-likeness (QED) is 0.702. The SMILES string of the molecule is CC(C)(C)Pc1ccccc1PC(C)(C)C. The molecule has 0 saturated heterocycles. The third-order valence-corrected chi connectivity index (χ3v) is 5.11. The smallest absolute Gasteiger partial charge is 0.0166 e. The summed E-state index contributed by atoms with van der Waals surface area (Å²) in [4.78, 5) is 0. The van der Waals surface area contributed by atoms with E-state index in [1.807, 2.05) is 0 Å². The Kier molecular flexibility index (Phi) is 4.56. The first-order chi connectivity index (χ1) is 7.17. The highest BCUT2D eigenvalue weighted by atomic mass is 31.1. The standard InChI is InChI=1S/C14H24P2/c1-13(2,3)15-11-9-7-8-10-12(11)16-14(4,5)6/h7-10,15-16H,1-6H3. The van der Waals surface area contributed by atoms with Crippen molar-refractivity contribution in [3.63, 3.8) is 0 Å². The zero-order valence-electron chi connectivity index (χ0n) is 11.3. The van der Waals surface area contributed by atoms with Crippen LogP contribution in [-0.4, -0.2) is 10.3 Å². The molecule has 0 saturated carbocycles. The average Bonchev–Trinajstić information content (AvgIpc) is 2.03. The van der Waals surface area contributed by atoms with E-state index in [-0.39, 0.29) is 0 Å². The van der Waals surface area contributed by atoms with E-state index in [0.717, 1.165) is 17.2 Å². The molecule has 0 heterocycles. The zero-order chi connectivity index (χ0) is 12.4. The van der Waals surface area contributed by atoms with Crippen LogP contribution in [0.1, 0.15) is 41.5 Å². The van der Waals surface area contributed by atoms with Gasteiger partial charge in [0, 0.05) is 0 Å². The van der Waals surface area contributed by atoms with Gasteiger partial charge in [-0.3, -0.25) is 0 Å². The molecule has 0 aromatic heterocycles. The monoisotopic (exact) mass is 254 g/mol. The van der Waals surface area contributed by atoms with Gasteiger partial charge in [0.15, 0.2) is 0 Å². The summed E-state index contributed by atoms with van der Waals surface area (Å²) in [5.74, 6) is 0. The average molecular weight is 254 g/mol. The summed E-state index contributed by atoms with van der Waals surface area (Å²) in [6.45, 7) is 13.9. The second kappa shape index (κ2) is 5.16. The Bertz CT molecular complexity index is 307. The van der Waals surface area contributed by atoms with Crippen LogP contribution in [0, 0.1) is 0 Å². The predicted octanol–water partition coefficient (Wildman–Crippen LogP) is 3.89. The van der Waals surface area contributed by atoms with E-state index in [9.17, 15) is 0 Å². The molecule has 0 N–H and O–H groups in total. The Morgan fingerprint density at radius 3 is 1.25 bits per heavy atom. The van der Waals surface area contributed by atoms with Gasteiger partial charge in [-0.1, -0.05) is 83.0 Å². The lowest BCUT2D eigenvalue weighted by molar-refractivity contribution is 0.797. The highest BCUT2D eigenvalue weighted by Crippen LogP contribution is 2.34. The highest BCUT2D eigenvalue weighted by molar-refractivity contribution is 7.56. The van der Waals surface area contributed by atoms with E-state index >= 15 is 0 Å². The third kappa shape index (κ3) is 5.42. The number of hydrogen-bond acceptors (Lipinski definition) is 0. The molecule has 0 spiro atoms. The molecule has 2 atom stereocenters. The number of rotatable bonds is 2. The number of hydrogen-bond donors (Lipinski definition) is 0. The van der Waals surface area contributed by atoms with Crippen LogP contribution in [0.2, 0.25) is 0 Å². The van der Waals surface area contributed by atoms with Gasteiger partial charge in [0.1, 0.15) is 0 Å². The highest BCUT2D eigenvalue weighted by Gasteiger charge is 2.17. The Hall–Kier alpha value is 0.0800. The van der Waals surface area contributed by atoms with Crippen molar-refractivity contribution < 1.29 is 0 Å². The molecule has 2 heteroatoms. The van der Waals surface area contributed by atoms with E-state index in [1.54, 1.807) is 10.6 Å². The fourth-order valence-corrected chi connectivity index (χ4v) is 4.30. The molecule has 0 aliphatic carbocycles. The summed E-state index contributed by atoms with van der Waals surface area (Å²) >= 11 is 0. The van der Waals surface area contributed by atoms with Gasteiger partial charge in [-0.15, -0.1) is 0 Å². The molecular formula is C14H24P2. The van der Waals surface area contributed by atoms with Crippen molar-refractivity contribution in [3.8, 4) is 0 Å². The Morgan fingerprint density at radius 2 is 1.00 bits per heavy atom. The molecule has 0 amide bonds. The van der Waals surface area contributed by atoms with E-state index in [0.29, 0.717) is 10.3 Å². The van der Waals surface area contributed by atoms with E-state index in [4.69, 9.17) is 0 Å². The van der Waals surface area contributed by atoms with Crippen LogP contribution >= 0.6 is 17.2 Å². The summed E-state index contributed by atoms with van der Waals surface area (Å²) in [7, 11) is 1.81. The fraction of sp³-hybridized carbons (Fsp3) is 0.571. The molecule has 1 aromatic carbocycles. The maximum Gasteiger partial charge on any atom is -0.0166 e. The maximum absolute atomic E-state index is 2.32. The van der Waals surface area contributed by atoms with Crippen molar-refractivity contribution in [2.45, 2.75) is 51.9 Å². The van der Waals surface area contributed by atoms with Crippen LogP contribution in [0.5, 0.6) is 0 Å². The topological polar surface area (TPSA) is 0 Å². The molecule has 90 valence electrons. The first-order valence-electron chi connectivity index (χ1n) is 5.83. The molecule has 16 heavy (non-hydrogen) atoms. The molecule has 0 aliphatic heterocycles. The predicted molar refractivity (Wildman–Crippen MR) is 81.8 cm³/mol. The summed E-state index contributed by atoms with van der Waals surface area (Å²) in [5, 5.41) is 3.92. The van der Waals surface area contributed by atoms with E-state index in [1.165, 1.54) is 0 Å². The normalized spacial score (nSPS) is 14.4. The van der Waals surface area contributed by atoms with Gasteiger partial charge in [-0.05, 0) is 20.9 Å². The molecular weight excluding hydrogens is 230 g/mol. The lowest BCUT2D eigenvalue weighted by atomic mass is 10.3. The maximum atomic E-state index is 2.32. The lowest BCUT2D eigenvalue weighted by Gasteiger charge is -2.24.